The Morgan fingerprint density at radius 3 is 0.395 bits per heavy atom. The Balaban J connectivity index is -0.0000000864. The molecule has 43 heavy (non-hydrogen) atoms. The summed E-state index contributed by atoms with van der Waals surface area (Å²) in [6.07, 6.45) is 0. The second-order valence-corrected chi connectivity index (χ2v) is 6.78. The minimum atomic E-state index is -1.57. The largest absolute Gasteiger partial charge is 3.00 e. The molecule has 21 nitrogen and oxygen atoms in total. The second kappa shape index (κ2) is 32.2. The SMILES string of the molecule is O=C([O-])CN(CC(=O)[O-])CC(=O)[O-].O=C([O-])CN(CC(=O)[O-])CC(=O)[O-].O=C([O-])CN(CC(=O)[O-])CC(=O)[O-].[Au+3].[Ni+2].[Ni+2].[Ni+2]. The molecule has 0 saturated heterocycles. The molecule has 0 rings (SSSR count). The zero-order valence-electron chi connectivity index (χ0n) is 20.8. The molecule has 0 aliphatic carbocycles. The Labute approximate surface area is 287 Å². The molecule has 0 aromatic rings. The van der Waals surface area contributed by atoms with Gasteiger partial charge in [-0.25, -0.2) is 0 Å². The maximum Gasteiger partial charge on any atom is 3.00 e. The smallest absolute Gasteiger partial charge is 0.549 e. The summed E-state index contributed by atoms with van der Waals surface area (Å²) < 4.78 is 0. The van der Waals surface area contributed by atoms with E-state index in [0.29, 0.717) is 14.7 Å². The number of carboxylic acid groups (broad SMARTS) is 9. The van der Waals surface area contributed by atoms with E-state index in [1.165, 1.54) is 0 Å². The van der Waals surface area contributed by atoms with Gasteiger partial charge in [-0.15, -0.1) is 0 Å². The van der Waals surface area contributed by atoms with E-state index in [1.54, 1.807) is 0 Å². The van der Waals surface area contributed by atoms with Crippen molar-refractivity contribution in [1.29, 1.82) is 0 Å². The number of hydrogen-bond donors (Lipinski definition) is 0. The molecule has 0 aromatic carbocycles. The van der Waals surface area contributed by atoms with E-state index in [2.05, 4.69) is 0 Å². The van der Waals surface area contributed by atoms with Crippen molar-refractivity contribution in [2.24, 2.45) is 0 Å². The number of rotatable bonds is 18. The van der Waals surface area contributed by atoms with Crippen LogP contribution < -0.4 is 46.0 Å². The summed E-state index contributed by atoms with van der Waals surface area (Å²) >= 11 is 0. The Hall–Kier alpha value is -2.67. The van der Waals surface area contributed by atoms with E-state index < -0.39 is 113 Å². The second-order valence-electron chi connectivity index (χ2n) is 6.78. The number of carbonyl (C=O) groups excluding carboxylic acids is 9. The molecule has 0 aliphatic rings. The van der Waals surface area contributed by atoms with Crippen LogP contribution in [0.25, 0.3) is 0 Å². The summed E-state index contributed by atoms with van der Waals surface area (Å²) in [6, 6.07) is 0. The van der Waals surface area contributed by atoms with Crippen LogP contribution in [-0.4, -0.2) is 127 Å². The van der Waals surface area contributed by atoms with E-state index >= 15 is 0 Å². The predicted octanol–water partition coefficient (Wildman–Crippen LogP) is -16.4. The molecule has 0 saturated carbocycles. The minimum Gasteiger partial charge on any atom is -0.549 e. The number of nitrogens with zero attached hydrogens (tertiary/aromatic N) is 3. The van der Waals surface area contributed by atoms with Gasteiger partial charge in [-0.2, -0.15) is 0 Å². The molecule has 0 aromatic heterocycles. The summed E-state index contributed by atoms with van der Waals surface area (Å²) in [6.45, 7) is -7.11. The fourth-order valence-electron chi connectivity index (χ4n) is 2.15. The predicted molar refractivity (Wildman–Crippen MR) is 94.4 cm³/mol. The van der Waals surface area contributed by atoms with Crippen LogP contribution in [0.15, 0.2) is 0 Å². The first kappa shape index (κ1) is 56.2. The molecule has 0 N–H and O–H groups in total. The molecular weight excluding hydrogens is 919 g/mol. The molecule has 0 spiro atoms. The van der Waals surface area contributed by atoms with Gasteiger partial charge in [0, 0.05) is 58.9 Å². The van der Waals surface area contributed by atoms with Crippen LogP contribution in [0.3, 0.4) is 0 Å². The van der Waals surface area contributed by atoms with Gasteiger partial charge in [0.05, 0.1) is 53.7 Å². The third-order valence-corrected chi connectivity index (χ3v) is 3.17. The summed E-state index contributed by atoms with van der Waals surface area (Å²) in [4.78, 5) is 91.8. The van der Waals surface area contributed by atoms with Crippen LogP contribution >= 0.6 is 0 Å². The number of hydrogen-bond acceptors (Lipinski definition) is 21. The summed E-state index contributed by atoms with van der Waals surface area (Å²) in [5.41, 5.74) is 0. The van der Waals surface area contributed by atoms with Crippen molar-refractivity contribution in [2.75, 3.05) is 58.9 Å². The topological polar surface area (TPSA) is 371 Å². The molecule has 0 aliphatic heterocycles. The van der Waals surface area contributed by atoms with Gasteiger partial charge < -0.3 is 89.1 Å². The molecule has 0 radical (unpaired) electrons. The molecular formula is C18H18AuN3Ni3O18. The van der Waals surface area contributed by atoms with Crippen LogP contribution in [0.5, 0.6) is 0 Å². The van der Waals surface area contributed by atoms with Crippen molar-refractivity contribution in [2.45, 2.75) is 0 Å². The van der Waals surface area contributed by atoms with Gasteiger partial charge in [-0.1, -0.05) is 0 Å². The molecule has 254 valence electrons. The Morgan fingerprint density at radius 2 is 0.349 bits per heavy atom. The average molecular weight is 937 g/mol. The third kappa shape index (κ3) is 49.3. The van der Waals surface area contributed by atoms with Crippen molar-refractivity contribution < 1.29 is 161 Å². The average Bonchev–Trinajstić information content (AvgIpc) is 2.63. The normalized spacial score (nSPS) is 9.00. The molecule has 0 fully saturated rings. The molecule has 25 heteroatoms. The number of aliphatic carboxylic acids is 9. The zero-order valence-corrected chi connectivity index (χ0v) is 25.9. The summed E-state index contributed by atoms with van der Waals surface area (Å²) in [5.74, 6) is -14.1. The zero-order chi connectivity index (χ0) is 31.3. The van der Waals surface area contributed by atoms with Gasteiger partial charge in [0.25, 0.3) is 0 Å². The van der Waals surface area contributed by atoms with E-state index in [9.17, 15) is 89.1 Å². The molecule has 0 atom stereocenters. The Bertz CT molecular complexity index is 698. The number of carboxylic acids is 9. The standard InChI is InChI=1S/3C6H9NO6.Au.3Ni/c3*8-4(9)1-7(2-5(10)11)3-6(12)13;;;;/h3*1-3H2,(H,8,9)(H,10,11)(H,12,13);;;;/q;;;+3;3*+2/p-9. The summed E-state index contributed by atoms with van der Waals surface area (Å²) in [7, 11) is 0. The maximum absolute atomic E-state index is 9.99. The van der Waals surface area contributed by atoms with Gasteiger partial charge in [0.2, 0.25) is 0 Å². The molecule has 0 unspecified atom stereocenters. The number of carbonyl (C=O) groups is 9. The van der Waals surface area contributed by atoms with Crippen molar-refractivity contribution in [3.8, 4) is 0 Å². The van der Waals surface area contributed by atoms with Crippen LogP contribution in [0.4, 0.5) is 0 Å². The van der Waals surface area contributed by atoms with Gasteiger partial charge in [0.1, 0.15) is 0 Å². The monoisotopic (exact) mass is 935 g/mol. The van der Waals surface area contributed by atoms with Crippen LogP contribution in [0, 0.1) is 0 Å². The first-order valence-corrected chi connectivity index (χ1v) is 9.70. The van der Waals surface area contributed by atoms with E-state index in [4.69, 9.17) is 0 Å². The van der Waals surface area contributed by atoms with Crippen molar-refractivity contribution >= 4 is 53.7 Å². The van der Waals surface area contributed by atoms with E-state index in [1.807, 2.05) is 0 Å². The van der Waals surface area contributed by atoms with Gasteiger partial charge in [-0.3, -0.25) is 14.7 Å². The third-order valence-electron chi connectivity index (χ3n) is 3.17. The van der Waals surface area contributed by atoms with Crippen LogP contribution in [0.1, 0.15) is 0 Å². The fourth-order valence-corrected chi connectivity index (χ4v) is 2.15. The van der Waals surface area contributed by atoms with E-state index in [-0.39, 0.29) is 71.9 Å². The first-order valence-electron chi connectivity index (χ1n) is 9.70. The minimum absolute atomic E-state index is 0. The van der Waals surface area contributed by atoms with Crippen LogP contribution in [-0.2, 0) is 115 Å². The Kier molecular flexibility index (Phi) is 42.1. The summed E-state index contributed by atoms with van der Waals surface area (Å²) in [5, 5.41) is 89.9. The van der Waals surface area contributed by atoms with Gasteiger partial charge >= 0.3 is 71.9 Å². The van der Waals surface area contributed by atoms with Crippen molar-refractivity contribution in [3.63, 3.8) is 0 Å². The van der Waals surface area contributed by atoms with Crippen molar-refractivity contribution in [1.82, 2.24) is 14.7 Å². The molecule has 0 heterocycles. The van der Waals surface area contributed by atoms with Gasteiger partial charge in [-0.05, 0) is 0 Å². The van der Waals surface area contributed by atoms with Gasteiger partial charge in [0.15, 0.2) is 0 Å². The molecule has 0 amide bonds. The van der Waals surface area contributed by atoms with E-state index in [0.717, 1.165) is 0 Å². The quantitative estimate of drug-likeness (QED) is 0.115. The maximum atomic E-state index is 9.99. The molecule has 0 bridgehead atoms. The Morgan fingerprint density at radius 1 is 0.279 bits per heavy atom. The van der Waals surface area contributed by atoms with Crippen LogP contribution in [0.2, 0.25) is 0 Å². The fraction of sp³-hybridized carbons (Fsp3) is 0.500. The van der Waals surface area contributed by atoms with Crippen molar-refractivity contribution in [3.05, 3.63) is 0 Å². The first-order chi connectivity index (χ1) is 17.7.